The Labute approximate surface area is 137 Å². The highest BCUT2D eigenvalue weighted by Crippen LogP contribution is 2.28. The van der Waals surface area contributed by atoms with Crippen molar-refractivity contribution in [3.05, 3.63) is 29.3 Å². The minimum atomic E-state index is -3.19. The van der Waals surface area contributed by atoms with E-state index in [1.54, 1.807) is 4.90 Å². The molecule has 1 N–H and O–H groups in total. The van der Waals surface area contributed by atoms with Crippen LogP contribution < -0.4 is 9.62 Å². The van der Waals surface area contributed by atoms with Crippen LogP contribution in [0.1, 0.15) is 24.0 Å². The number of nitrogens with one attached hydrogen (secondary N) is 1. The second-order valence-electron chi connectivity index (χ2n) is 6.31. The zero-order chi connectivity index (χ0) is 16.6. The Bertz CT molecular complexity index is 717. The van der Waals surface area contributed by atoms with Crippen LogP contribution in [0.5, 0.6) is 0 Å². The summed E-state index contributed by atoms with van der Waals surface area (Å²) in [6.45, 7) is 2.11. The third-order valence-electron chi connectivity index (χ3n) is 4.85. The Morgan fingerprint density at radius 3 is 2.83 bits per heavy atom. The summed E-state index contributed by atoms with van der Waals surface area (Å²) in [4.78, 5) is 15.6. The van der Waals surface area contributed by atoms with Crippen LogP contribution in [0.25, 0.3) is 0 Å². The van der Waals surface area contributed by atoms with Crippen molar-refractivity contribution in [1.82, 2.24) is 9.62 Å². The van der Waals surface area contributed by atoms with Crippen molar-refractivity contribution in [2.45, 2.75) is 31.1 Å². The van der Waals surface area contributed by atoms with Gasteiger partial charge in [-0.2, -0.15) is 0 Å². The van der Waals surface area contributed by atoms with E-state index in [-0.39, 0.29) is 11.2 Å². The number of carbonyl (C=O) groups excluding carboxylic acids is 1. The number of likely N-dealkylation sites (tertiary alicyclic amines) is 1. The molecule has 1 atom stereocenters. The summed E-state index contributed by atoms with van der Waals surface area (Å²) in [6.07, 6.45) is 2.01. The smallest absolute Gasteiger partial charge is 0.227 e. The normalized spacial score (nSPS) is 22.4. The molecule has 2 aliphatic rings. The van der Waals surface area contributed by atoms with Crippen LogP contribution in [-0.2, 0) is 27.8 Å². The average molecular weight is 337 g/mol. The number of carbonyl (C=O) groups is 1. The first-order chi connectivity index (χ1) is 10.9. The van der Waals surface area contributed by atoms with Gasteiger partial charge in [-0.05, 0) is 43.6 Å². The lowest BCUT2D eigenvalue weighted by molar-refractivity contribution is -0.118. The van der Waals surface area contributed by atoms with E-state index in [0.717, 1.165) is 25.2 Å². The van der Waals surface area contributed by atoms with Crippen molar-refractivity contribution in [3.8, 4) is 0 Å². The number of aryl methyl sites for hydroxylation is 1. The lowest BCUT2D eigenvalue weighted by Gasteiger charge is -2.26. The van der Waals surface area contributed by atoms with Gasteiger partial charge in [-0.15, -0.1) is 0 Å². The van der Waals surface area contributed by atoms with Crippen molar-refractivity contribution in [2.24, 2.45) is 0 Å². The van der Waals surface area contributed by atoms with Crippen LogP contribution in [0.3, 0.4) is 0 Å². The Kier molecular flexibility index (Phi) is 4.44. The van der Waals surface area contributed by atoms with Gasteiger partial charge in [-0.25, -0.2) is 13.1 Å². The van der Waals surface area contributed by atoms with Crippen molar-refractivity contribution >= 4 is 21.6 Å². The van der Waals surface area contributed by atoms with Crippen molar-refractivity contribution in [1.29, 1.82) is 0 Å². The SMILES string of the molecule is CNS(=O)(=O)C1CCN(Cc2ccc3c(c2)CCC(=O)N3C)C1. The van der Waals surface area contributed by atoms with E-state index >= 15 is 0 Å². The molecular weight excluding hydrogens is 314 g/mol. The van der Waals surface area contributed by atoms with Gasteiger partial charge in [0.05, 0.1) is 5.25 Å². The highest BCUT2D eigenvalue weighted by molar-refractivity contribution is 7.90. The Morgan fingerprint density at radius 2 is 2.09 bits per heavy atom. The number of fused-ring (bicyclic) bond motifs is 1. The minimum Gasteiger partial charge on any atom is -0.315 e. The van der Waals surface area contributed by atoms with E-state index < -0.39 is 10.0 Å². The molecule has 23 heavy (non-hydrogen) atoms. The Hall–Kier alpha value is -1.44. The number of anilines is 1. The van der Waals surface area contributed by atoms with Crippen LogP contribution in [0, 0.1) is 0 Å². The molecule has 0 spiro atoms. The maximum Gasteiger partial charge on any atom is 0.227 e. The molecule has 1 aromatic rings. The molecule has 0 aliphatic carbocycles. The molecule has 0 aromatic heterocycles. The van der Waals surface area contributed by atoms with Crippen molar-refractivity contribution in [3.63, 3.8) is 0 Å². The number of sulfonamides is 1. The molecule has 1 unspecified atom stereocenters. The lowest BCUT2D eigenvalue weighted by Crippen LogP contribution is -2.34. The molecule has 1 aromatic carbocycles. The molecule has 0 saturated carbocycles. The summed E-state index contributed by atoms with van der Waals surface area (Å²) in [5.74, 6) is 0.157. The first-order valence-corrected chi connectivity index (χ1v) is 9.48. The van der Waals surface area contributed by atoms with Crippen LogP contribution in [0.4, 0.5) is 5.69 Å². The van der Waals surface area contributed by atoms with E-state index in [1.807, 2.05) is 19.2 Å². The summed E-state index contributed by atoms with van der Waals surface area (Å²) in [5, 5.41) is -0.325. The zero-order valence-corrected chi connectivity index (χ0v) is 14.4. The van der Waals surface area contributed by atoms with Gasteiger partial charge in [0.2, 0.25) is 15.9 Å². The number of hydrogen-bond donors (Lipinski definition) is 1. The third-order valence-corrected chi connectivity index (χ3v) is 6.68. The predicted molar refractivity (Wildman–Crippen MR) is 89.8 cm³/mol. The fourth-order valence-electron chi connectivity index (χ4n) is 3.43. The lowest BCUT2D eigenvalue weighted by atomic mass is 9.99. The highest BCUT2D eigenvalue weighted by Gasteiger charge is 2.32. The largest absolute Gasteiger partial charge is 0.315 e. The topological polar surface area (TPSA) is 69.7 Å². The number of benzene rings is 1. The van der Waals surface area contributed by atoms with Crippen LogP contribution in [-0.4, -0.2) is 51.7 Å². The molecule has 1 saturated heterocycles. The van der Waals surface area contributed by atoms with Crippen molar-refractivity contribution < 1.29 is 13.2 Å². The molecule has 2 aliphatic heterocycles. The fourth-order valence-corrected chi connectivity index (χ4v) is 4.58. The molecule has 6 nitrogen and oxygen atoms in total. The standard InChI is InChI=1S/C16H23N3O3S/c1-17-23(21,22)14-7-8-19(11-14)10-12-3-5-15-13(9-12)4-6-16(20)18(15)2/h3,5,9,14,17H,4,6-8,10-11H2,1-2H3. The number of rotatable bonds is 4. The van der Waals surface area contributed by atoms with Gasteiger partial charge in [0, 0.05) is 32.2 Å². The molecular formula is C16H23N3O3S. The van der Waals surface area contributed by atoms with Crippen LogP contribution in [0.15, 0.2) is 18.2 Å². The summed E-state index contributed by atoms with van der Waals surface area (Å²) >= 11 is 0. The maximum atomic E-state index is 11.9. The molecule has 1 amide bonds. The molecule has 126 valence electrons. The van der Waals surface area contributed by atoms with E-state index in [9.17, 15) is 13.2 Å². The Balaban J connectivity index is 1.69. The maximum absolute atomic E-state index is 11.9. The van der Waals surface area contributed by atoms with E-state index in [1.165, 1.54) is 18.2 Å². The molecule has 1 fully saturated rings. The van der Waals surface area contributed by atoms with Gasteiger partial charge in [0.1, 0.15) is 0 Å². The molecule has 0 radical (unpaired) electrons. The minimum absolute atomic E-state index is 0.157. The fraction of sp³-hybridized carbons (Fsp3) is 0.562. The van der Waals surface area contributed by atoms with E-state index in [0.29, 0.717) is 19.4 Å². The second-order valence-corrected chi connectivity index (χ2v) is 8.48. The van der Waals surface area contributed by atoms with Crippen molar-refractivity contribution in [2.75, 3.05) is 32.1 Å². The summed E-state index contributed by atoms with van der Waals surface area (Å²) in [6, 6.07) is 6.19. The van der Waals surface area contributed by atoms with Crippen LogP contribution in [0.2, 0.25) is 0 Å². The predicted octanol–water partition coefficient (Wildman–Crippen LogP) is 0.719. The number of nitrogens with zero attached hydrogens (tertiary/aromatic N) is 2. The highest BCUT2D eigenvalue weighted by atomic mass is 32.2. The van der Waals surface area contributed by atoms with Gasteiger partial charge < -0.3 is 4.90 Å². The van der Waals surface area contributed by atoms with Gasteiger partial charge in [-0.3, -0.25) is 9.69 Å². The number of hydrogen-bond acceptors (Lipinski definition) is 4. The van der Waals surface area contributed by atoms with Gasteiger partial charge in [0.15, 0.2) is 0 Å². The monoisotopic (exact) mass is 337 g/mol. The van der Waals surface area contributed by atoms with E-state index in [2.05, 4.69) is 15.7 Å². The van der Waals surface area contributed by atoms with Gasteiger partial charge >= 0.3 is 0 Å². The second kappa shape index (κ2) is 6.22. The quantitative estimate of drug-likeness (QED) is 0.879. The zero-order valence-electron chi connectivity index (χ0n) is 13.6. The Morgan fingerprint density at radius 1 is 1.30 bits per heavy atom. The first kappa shape index (κ1) is 16.4. The molecule has 7 heteroatoms. The molecule has 2 heterocycles. The van der Waals surface area contributed by atoms with E-state index in [4.69, 9.17) is 0 Å². The third kappa shape index (κ3) is 3.27. The summed E-state index contributed by atoms with van der Waals surface area (Å²) in [5.41, 5.74) is 3.36. The van der Waals surface area contributed by atoms with Crippen LogP contribution >= 0.6 is 0 Å². The van der Waals surface area contributed by atoms with Gasteiger partial charge in [0.25, 0.3) is 0 Å². The summed E-state index contributed by atoms with van der Waals surface area (Å²) < 4.78 is 26.2. The van der Waals surface area contributed by atoms with Gasteiger partial charge in [-0.1, -0.05) is 12.1 Å². The molecule has 3 rings (SSSR count). The molecule has 0 bridgehead atoms. The first-order valence-electron chi connectivity index (χ1n) is 7.94. The number of amides is 1. The average Bonchev–Trinajstić information content (AvgIpc) is 3.00. The summed E-state index contributed by atoms with van der Waals surface area (Å²) in [7, 11) is 0.0979.